The summed E-state index contributed by atoms with van der Waals surface area (Å²) in [6, 6.07) is 0. The molecule has 5 heteroatoms. The van der Waals surface area contributed by atoms with Crippen molar-refractivity contribution >= 4 is 15.9 Å². The van der Waals surface area contributed by atoms with E-state index in [0.29, 0.717) is 5.92 Å². The number of hydrogen-bond acceptors (Lipinski definition) is 1. The lowest BCUT2D eigenvalue weighted by atomic mass is 9.75. The van der Waals surface area contributed by atoms with Crippen molar-refractivity contribution in [3.05, 3.63) is 0 Å². The van der Waals surface area contributed by atoms with Crippen LogP contribution in [0.2, 0.25) is 0 Å². The number of nitrogens with zero attached hydrogens (tertiary/aromatic N) is 1. The topological polar surface area (TPSA) is 3.24 Å². The first-order chi connectivity index (χ1) is 7.97. The largest absolute Gasteiger partial charge is 0.402 e. The van der Waals surface area contributed by atoms with Gasteiger partial charge in [0.2, 0.25) is 0 Å². The smallest absolute Gasteiger partial charge is 0.302 e. The Balaban J connectivity index is 1.83. The van der Waals surface area contributed by atoms with Crippen molar-refractivity contribution in [2.45, 2.75) is 43.1 Å². The summed E-state index contributed by atoms with van der Waals surface area (Å²) in [5.74, 6) is 1.42. The molecular formula is C12H19BrF3N. The molecule has 0 bridgehead atoms. The maximum atomic E-state index is 12.5. The number of likely N-dealkylation sites (tertiary alicyclic amines) is 1. The summed E-state index contributed by atoms with van der Waals surface area (Å²) in [5, 5.41) is 0. The van der Waals surface area contributed by atoms with Crippen LogP contribution in [0.25, 0.3) is 0 Å². The Morgan fingerprint density at radius 2 is 1.76 bits per heavy atom. The molecule has 2 fully saturated rings. The average molecular weight is 314 g/mol. The first-order valence-electron chi connectivity index (χ1n) is 6.40. The number of hydrogen-bond donors (Lipinski definition) is 0. The number of halogens is 4. The van der Waals surface area contributed by atoms with Gasteiger partial charge in [-0.05, 0) is 31.2 Å². The van der Waals surface area contributed by atoms with Crippen molar-refractivity contribution in [2.75, 3.05) is 19.6 Å². The molecule has 17 heavy (non-hydrogen) atoms. The van der Waals surface area contributed by atoms with Gasteiger partial charge in [0.25, 0.3) is 0 Å². The maximum Gasteiger partial charge on any atom is 0.402 e. The molecule has 3 unspecified atom stereocenters. The molecule has 1 saturated heterocycles. The van der Waals surface area contributed by atoms with Crippen LogP contribution in [-0.2, 0) is 0 Å². The Kier molecular flexibility index (Phi) is 4.40. The molecule has 100 valence electrons. The van der Waals surface area contributed by atoms with Gasteiger partial charge in [-0.15, -0.1) is 0 Å². The number of piperidine rings is 1. The quantitative estimate of drug-likeness (QED) is 0.700. The molecule has 0 amide bonds. The predicted molar refractivity (Wildman–Crippen MR) is 65.3 cm³/mol. The molecule has 1 heterocycles. The molecular weight excluding hydrogens is 295 g/mol. The molecule has 2 aliphatic rings. The average Bonchev–Trinajstić information content (AvgIpc) is 2.27. The van der Waals surface area contributed by atoms with Crippen molar-refractivity contribution in [3.63, 3.8) is 0 Å². The summed E-state index contributed by atoms with van der Waals surface area (Å²) >= 11 is 2.76. The van der Waals surface area contributed by atoms with Crippen LogP contribution in [-0.4, -0.2) is 35.5 Å². The highest BCUT2D eigenvalue weighted by Crippen LogP contribution is 2.37. The van der Waals surface area contributed by atoms with Gasteiger partial charge < -0.3 is 4.90 Å². The van der Waals surface area contributed by atoms with E-state index in [1.807, 2.05) is 4.90 Å². The van der Waals surface area contributed by atoms with Crippen LogP contribution in [0.1, 0.15) is 32.1 Å². The van der Waals surface area contributed by atoms with E-state index in [-0.39, 0.29) is 6.54 Å². The SMILES string of the molecule is FC(F)(F)C(Br)CN1CCC2CCCCC2C1. The van der Waals surface area contributed by atoms with Gasteiger partial charge in [0, 0.05) is 13.1 Å². The van der Waals surface area contributed by atoms with Crippen LogP contribution in [0, 0.1) is 11.8 Å². The van der Waals surface area contributed by atoms with Crippen molar-refractivity contribution < 1.29 is 13.2 Å². The Hall–Kier alpha value is 0.230. The van der Waals surface area contributed by atoms with Gasteiger partial charge in [-0.2, -0.15) is 13.2 Å². The highest BCUT2D eigenvalue weighted by Gasteiger charge is 2.40. The monoisotopic (exact) mass is 313 g/mol. The van der Waals surface area contributed by atoms with Crippen LogP contribution in [0.15, 0.2) is 0 Å². The predicted octanol–water partition coefficient (Wildman–Crippen LogP) is 3.82. The fourth-order valence-corrected chi connectivity index (χ4v) is 3.58. The van der Waals surface area contributed by atoms with Gasteiger partial charge in [-0.25, -0.2) is 0 Å². The third-order valence-electron chi connectivity index (χ3n) is 4.15. The van der Waals surface area contributed by atoms with Crippen LogP contribution in [0.3, 0.4) is 0 Å². The molecule has 1 saturated carbocycles. The minimum Gasteiger partial charge on any atom is -0.302 e. The first-order valence-corrected chi connectivity index (χ1v) is 7.31. The zero-order valence-corrected chi connectivity index (χ0v) is 11.4. The molecule has 0 aromatic heterocycles. The van der Waals surface area contributed by atoms with Crippen LogP contribution >= 0.6 is 15.9 Å². The molecule has 1 aliphatic heterocycles. The number of alkyl halides is 4. The van der Waals surface area contributed by atoms with Gasteiger partial charge >= 0.3 is 6.18 Å². The van der Waals surface area contributed by atoms with Crippen molar-refractivity contribution in [1.29, 1.82) is 0 Å². The molecule has 0 aromatic rings. The van der Waals surface area contributed by atoms with Gasteiger partial charge in [0.05, 0.1) is 0 Å². The highest BCUT2D eigenvalue weighted by molar-refractivity contribution is 9.09. The zero-order valence-electron chi connectivity index (χ0n) is 9.85. The summed E-state index contributed by atoms with van der Waals surface area (Å²) in [4.78, 5) is 0.606. The molecule has 2 rings (SSSR count). The van der Waals surface area contributed by atoms with Crippen molar-refractivity contribution in [1.82, 2.24) is 4.90 Å². The standard InChI is InChI=1S/C12H19BrF3N/c13-11(12(14,15)16)8-17-6-5-9-3-1-2-4-10(9)7-17/h9-11H,1-8H2. The maximum absolute atomic E-state index is 12.5. The van der Waals surface area contributed by atoms with E-state index >= 15 is 0 Å². The molecule has 0 spiro atoms. The van der Waals surface area contributed by atoms with Gasteiger partial charge in [-0.3, -0.25) is 0 Å². The molecule has 1 aliphatic carbocycles. The fraction of sp³-hybridized carbons (Fsp3) is 1.00. The molecule has 1 nitrogen and oxygen atoms in total. The summed E-state index contributed by atoms with van der Waals surface area (Å²) in [6.07, 6.45) is 2.03. The molecule has 0 aromatic carbocycles. The van der Waals surface area contributed by atoms with E-state index in [4.69, 9.17) is 0 Å². The van der Waals surface area contributed by atoms with E-state index in [1.165, 1.54) is 25.7 Å². The third-order valence-corrected chi connectivity index (χ3v) is 4.96. The van der Waals surface area contributed by atoms with Crippen LogP contribution in [0.4, 0.5) is 13.2 Å². The van der Waals surface area contributed by atoms with Gasteiger partial charge in [0.15, 0.2) is 0 Å². The number of rotatable bonds is 2. The Morgan fingerprint density at radius 1 is 1.12 bits per heavy atom. The minimum absolute atomic E-state index is 0.104. The summed E-state index contributed by atoms with van der Waals surface area (Å²) < 4.78 is 37.4. The van der Waals surface area contributed by atoms with E-state index in [2.05, 4.69) is 15.9 Å². The van der Waals surface area contributed by atoms with Gasteiger partial charge in [0.1, 0.15) is 4.83 Å². The second kappa shape index (κ2) is 5.47. The Bertz CT molecular complexity index is 257. The zero-order chi connectivity index (χ0) is 12.5. The van der Waals surface area contributed by atoms with Crippen LogP contribution in [0.5, 0.6) is 0 Å². The summed E-state index contributed by atoms with van der Waals surface area (Å²) in [5.41, 5.74) is 0. The minimum atomic E-state index is -4.12. The molecule has 3 atom stereocenters. The lowest BCUT2D eigenvalue weighted by molar-refractivity contribution is -0.132. The Labute approximate surface area is 109 Å². The first kappa shape index (κ1) is 13.7. The van der Waals surface area contributed by atoms with Crippen LogP contribution < -0.4 is 0 Å². The Morgan fingerprint density at radius 3 is 2.41 bits per heavy atom. The lowest BCUT2D eigenvalue weighted by Gasteiger charge is -2.42. The normalized spacial score (nSPS) is 33.2. The second-order valence-electron chi connectivity index (χ2n) is 5.36. The fourth-order valence-electron chi connectivity index (χ4n) is 3.17. The van der Waals surface area contributed by atoms with Crippen molar-refractivity contribution in [3.8, 4) is 0 Å². The van der Waals surface area contributed by atoms with E-state index in [0.717, 1.165) is 25.4 Å². The molecule has 0 N–H and O–H groups in total. The number of fused-ring (bicyclic) bond motifs is 1. The van der Waals surface area contributed by atoms with E-state index in [1.54, 1.807) is 0 Å². The van der Waals surface area contributed by atoms with E-state index in [9.17, 15) is 13.2 Å². The summed E-state index contributed by atoms with van der Waals surface area (Å²) in [7, 11) is 0. The van der Waals surface area contributed by atoms with Crippen molar-refractivity contribution in [2.24, 2.45) is 11.8 Å². The van der Waals surface area contributed by atoms with E-state index < -0.39 is 11.0 Å². The summed E-state index contributed by atoms with van der Waals surface area (Å²) in [6.45, 7) is 1.80. The van der Waals surface area contributed by atoms with Gasteiger partial charge in [-0.1, -0.05) is 35.2 Å². The lowest BCUT2D eigenvalue weighted by Crippen LogP contribution is -2.46. The third kappa shape index (κ3) is 3.60. The molecule has 0 radical (unpaired) electrons. The second-order valence-corrected chi connectivity index (χ2v) is 6.47. The highest BCUT2D eigenvalue weighted by atomic mass is 79.9.